The fourth-order valence-corrected chi connectivity index (χ4v) is 3.15. The lowest BCUT2D eigenvalue weighted by Gasteiger charge is -2.20. The second kappa shape index (κ2) is 6.22. The van der Waals surface area contributed by atoms with Crippen LogP contribution in [0, 0.1) is 0 Å². The summed E-state index contributed by atoms with van der Waals surface area (Å²) in [6.45, 7) is 0.912. The van der Waals surface area contributed by atoms with Crippen LogP contribution in [0.15, 0.2) is 42.7 Å². The Kier molecular flexibility index (Phi) is 4.28. The molecule has 6 heteroatoms. The molecular weight excluding hydrogens is 331 g/mol. The maximum Gasteiger partial charge on any atom is 0.144 e. The summed E-state index contributed by atoms with van der Waals surface area (Å²) in [5.41, 5.74) is 4.43. The zero-order chi connectivity index (χ0) is 15.1. The van der Waals surface area contributed by atoms with Crippen molar-refractivity contribution in [3.8, 4) is 0 Å². The van der Waals surface area contributed by atoms with Gasteiger partial charge in [0.2, 0.25) is 0 Å². The quantitative estimate of drug-likeness (QED) is 0.744. The van der Waals surface area contributed by atoms with E-state index < -0.39 is 0 Å². The van der Waals surface area contributed by atoms with Crippen LogP contribution >= 0.6 is 24.0 Å². The predicted octanol–water partition coefficient (Wildman–Crippen LogP) is 4.44. The first-order valence-electron chi connectivity index (χ1n) is 7.25. The summed E-state index contributed by atoms with van der Waals surface area (Å²) in [6.07, 6.45) is 2.63. The van der Waals surface area contributed by atoms with Crippen molar-refractivity contribution < 1.29 is 0 Å². The van der Waals surface area contributed by atoms with E-state index >= 15 is 0 Å². The molecule has 0 radical (unpaired) electrons. The van der Waals surface area contributed by atoms with Crippen LogP contribution in [0.4, 0.5) is 17.2 Å². The van der Waals surface area contributed by atoms with Gasteiger partial charge in [0.1, 0.15) is 12.1 Å². The molecule has 1 N–H and O–H groups in total. The van der Waals surface area contributed by atoms with Crippen LogP contribution in [-0.2, 0) is 6.42 Å². The number of fused-ring (bicyclic) bond motifs is 2. The topological polar surface area (TPSA) is 41.0 Å². The molecule has 0 saturated heterocycles. The summed E-state index contributed by atoms with van der Waals surface area (Å²) < 4.78 is 0. The van der Waals surface area contributed by atoms with E-state index in [1.165, 1.54) is 5.56 Å². The molecule has 0 atom stereocenters. The van der Waals surface area contributed by atoms with Crippen LogP contribution < -0.4 is 10.2 Å². The van der Waals surface area contributed by atoms with Gasteiger partial charge in [0, 0.05) is 35.4 Å². The molecule has 1 aromatic heterocycles. The molecule has 0 saturated carbocycles. The maximum absolute atomic E-state index is 6.17. The molecule has 0 unspecified atom stereocenters. The first kappa shape index (κ1) is 15.8. The summed E-state index contributed by atoms with van der Waals surface area (Å²) in [5.74, 6) is 0.939. The van der Waals surface area contributed by atoms with Gasteiger partial charge in [-0.2, -0.15) is 0 Å². The van der Waals surface area contributed by atoms with Gasteiger partial charge in [-0.15, -0.1) is 12.4 Å². The lowest BCUT2D eigenvalue weighted by Crippen LogP contribution is -2.15. The van der Waals surface area contributed by atoms with Crippen LogP contribution in [0.2, 0.25) is 5.02 Å². The first-order valence-corrected chi connectivity index (χ1v) is 7.62. The van der Waals surface area contributed by atoms with Crippen molar-refractivity contribution in [2.45, 2.75) is 6.42 Å². The number of rotatable bonds is 2. The van der Waals surface area contributed by atoms with Gasteiger partial charge < -0.3 is 10.2 Å². The third kappa shape index (κ3) is 2.69. The van der Waals surface area contributed by atoms with Crippen molar-refractivity contribution in [3.05, 3.63) is 53.3 Å². The third-order valence-electron chi connectivity index (χ3n) is 4.10. The van der Waals surface area contributed by atoms with Crippen molar-refractivity contribution in [3.63, 3.8) is 0 Å². The minimum absolute atomic E-state index is 0. The van der Waals surface area contributed by atoms with E-state index in [9.17, 15) is 0 Å². The Hall–Kier alpha value is -2.04. The standard InChI is InChI=1S/C17H15ClN4.ClH/c1-19-13-4-5-14-15(9-13)20-10-21-17(14)22-7-6-11-2-3-12(18)8-16(11)22;/h2-5,8-10,19H,6-7H2,1H3;1H. The Morgan fingerprint density at radius 1 is 1.13 bits per heavy atom. The lowest BCUT2D eigenvalue weighted by atomic mass is 10.1. The smallest absolute Gasteiger partial charge is 0.144 e. The van der Waals surface area contributed by atoms with Gasteiger partial charge in [0.05, 0.1) is 5.52 Å². The number of nitrogens with one attached hydrogen (secondary N) is 1. The number of nitrogens with zero attached hydrogens (tertiary/aromatic N) is 3. The average Bonchev–Trinajstić information content (AvgIpc) is 2.96. The fraction of sp³-hybridized carbons (Fsp3) is 0.176. The van der Waals surface area contributed by atoms with Gasteiger partial charge in [0.25, 0.3) is 0 Å². The van der Waals surface area contributed by atoms with Crippen LogP contribution in [-0.4, -0.2) is 23.6 Å². The molecule has 4 nitrogen and oxygen atoms in total. The summed E-state index contributed by atoms with van der Waals surface area (Å²) in [6, 6.07) is 12.2. The van der Waals surface area contributed by atoms with E-state index in [1.54, 1.807) is 6.33 Å². The lowest BCUT2D eigenvalue weighted by molar-refractivity contribution is 0.975. The average molecular weight is 347 g/mol. The molecule has 0 bridgehead atoms. The van der Waals surface area contributed by atoms with Crippen molar-refractivity contribution in [1.82, 2.24) is 9.97 Å². The molecule has 0 amide bonds. The summed E-state index contributed by atoms with van der Waals surface area (Å²) in [5, 5.41) is 4.94. The molecular formula is C17H16Cl2N4. The third-order valence-corrected chi connectivity index (χ3v) is 4.34. The van der Waals surface area contributed by atoms with Crippen LogP contribution in [0.5, 0.6) is 0 Å². The molecule has 2 aromatic carbocycles. The molecule has 1 aliphatic rings. The van der Waals surface area contributed by atoms with E-state index in [-0.39, 0.29) is 12.4 Å². The van der Waals surface area contributed by atoms with Gasteiger partial charge in [0.15, 0.2) is 0 Å². The van der Waals surface area contributed by atoms with Crippen LogP contribution in [0.25, 0.3) is 10.9 Å². The van der Waals surface area contributed by atoms with Gasteiger partial charge in [-0.25, -0.2) is 9.97 Å². The second-order valence-corrected chi connectivity index (χ2v) is 5.79. The zero-order valence-corrected chi connectivity index (χ0v) is 14.2. The Labute approximate surface area is 145 Å². The monoisotopic (exact) mass is 346 g/mol. The minimum atomic E-state index is 0. The second-order valence-electron chi connectivity index (χ2n) is 5.35. The summed E-state index contributed by atoms with van der Waals surface area (Å²) in [4.78, 5) is 11.1. The van der Waals surface area contributed by atoms with E-state index in [4.69, 9.17) is 11.6 Å². The number of anilines is 3. The number of benzene rings is 2. The fourth-order valence-electron chi connectivity index (χ4n) is 2.99. The molecule has 0 spiro atoms. The van der Waals surface area contributed by atoms with Crippen LogP contribution in [0.1, 0.15) is 5.56 Å². The molecule has 1 aliphatic heterocycles. The van der Waals surface area contributed by atoms with E-state index in [0.717, 1.165) is 46.1 Å². The first-order chi connectivity index (χ1) is 10.8. The molecule has 3 aromatic rings. The maximum atomic E-state index is 6.17. The number of aromatic nitrogens is 2. The highest BCUT2D eigenvalue weighted by Gasteiger charge is 2.23. The van der Waals surface area contributed by atoms with Gasteiger partial charge in [-0.1, -0.05) is 17.7 Å². The zero-order valence-electron chi connectivity index (χ0n) is 12.6. The van der Waals surface area contributed by atoms with Crippen molar-refractivity contribution >= 4 is 52.1 Å². The molecule has 118 valence electrons. The van der Waals surface area contributed by atoms with Gasteiger partial charge in [-0.3, -0.25) is 0 Å². The molecule has 4 rings (SSSR count). The minimum Gasteiger partial charge on any atom is -0.388 e. The number of hydrogen-bond acceptors (Lipinski definition) is 4. The number of hydrogen-bond donors (Lipinski definition) is 1. The summed E-state index contributed by atoms with van der Waals surface area (Å²) in [7, 11) is 1.90. The Morgan fingerprint density at radius 3 is 2.83 bits per heavy atom. The van der Waals surface area contributed by atoms with Crippen molar-refractivity contribution in [2.75, 3.05) is 23.8 Å². The normalized spacial score (nSPS) is 12.9. The van der Waals surface area contributed by atoms with Gasteiger partial charge in [-0.05, 0) is 42.3 Å². The van der Waals surface area contributed by atoms with E-state index in [1.807, 2.05) is 31.3 Å². The van der Waals surface area contributed by atoms with Crippen molar-refractivity contribution in [2.24, 2.45) is 0 Å². The highest BCUT2D eigenvalue weighted by atomic mass is 35.5. The SMILES string of the molecule is CNc1ccc2c(N3CCc4ccc(Cl)cc43)ncnc2c1.Cl. The highest BCUT2D eigenvalue weighted by Crippen LogP contribution is 2.38. The Morgan fingerprint density at radius 2 is 2.00 bits per heavy atom. The van der Waals surface area contributed by atoms with E-state index in [0.29, 0.717) is 0 Å². The van der Waals surface area contributed by atoms with Gasteiger partial charge >= 0.3 is 0 Å². The predicted molar refractivity (Wildman–Crippen MR) is 98.5 cm³/mol. The van der Waals surface area contributed by atoms with E-state index in [2.05, 4.69) is 32.3 Å². The Balaban J connectivity index is 0.00000156. The molecule has 2 heterocycles. The largest absolute Gasteiger partial charge is 0.388 e. The molecule has 0 aliphatic carbocycles. The van der Waals surface area contributed by atoms with Crippen molar-refractivity contribution in [1.29, 1.82) is 0 Å². The molecule has 23 heavy (non-hydrogen) atoms. The highest BCUT2D eigenvalue weighted by molar-refractivity contribution is 6.31. The van der Waals surface area contributed by atoms with Crippen LogP contribution in [0.3, 0.4) is 0 Å². The summed E-state index contributed by atoms with van der Waals surface area (Å²) >= 11 is 6.17. The Bertz CT molecular complexity index is 866. The molecule has 0 fully saturated rings. The number of halogens is 2.